The predicted molar refractivity (Wildman–Crippen MR) is 147 cm³/mol. The number of amides is 3. The van der Waals surface area contributed by atoms with Crippen molar-refractivity contribution >= 4 is 29.1 Å². The smallest absolute Gasteiger partial charge is 0.251 e. The predicted octanol–water partition coefficient (Wildman–Crippen LogP) is 5.17. The van der Waals surface area contributed by atoms with E-state index in [0.717, 1.165) is 25.7 Å². The van der Waals surface area contributed by atoms with Gasteiger partial charge in [0, 0.05) is 18.5 Å². The number of rotatable bonds is 6. The lowest BCUT2D eigenvalue weighted by Gasteiger charge is -2.33. The number of fused-ring (bicyclic) bond motifs is 1. The summed E-state index contributed by atoms with van der Waals surface area (Å²) in [5.74, 6) is -0.110. The third-order valence-corrected chi connectivity index (χ3v) is 7.46. The zero-order chi connectivity index (χ0) is 27.4. The Morgan fingerprint density at radius 1 is 1.11 bits per heavy atom. The van der Waals surface area contributed by atoms with E-state index >= 15 is 0 Å². The number of nitrogens with two attached hydrogens (primary N) is 1. The van der Waals surface area contributed by atoms with Crippen LogP contribution < -0.4 is 21.3 Å². The van der Waals surface area contributed by atoms with Crippen LogP contribution in [0.4, 0.5) is 15.8 Å². The van der Waals surface area contributed by atoms with Crippen LogP contribution in [0.3, 0.4) is 0 Å². The Morgan fingerprint density at radius 2 is 1.82 bits per heavy atom. The molecule has 1 fully saturated rings. The van der Waals surface area contributed by atoms with Gasteiger partial charge in [-0.25, -0.2) is 4.39 Å². The summed E-state index contributed by atoms with van der Waals surface area (Å²) in [6.07, 6.45) is 4.64. The molecule has 0 aromatic heterocycles. The molecule has 4 rings (SSSR count). The maximum atomic E-state index is 13.7. The monoisotopic (exact) mass is 522 g/mol. The Labute approximate surface area is 224 Å². The van der Waals surface area contributed by atoms with E-state index in [0.29, 0.717) is 47.4 Å². The molecule has 38 heavy (non-hydrogen) atoms. The van der Waals surface area contributed by atoms with E-state index in [9.17, 15) is 18.8 Å². The molecule has 2 aromatic rings. The summed E-state index contributed by atoms with van der Waals surface area (Å²) >= 11 is 0. The lowest BCUT2D eigenvalue weighted by Crippen LogP contribution is -2.37. The topological polar surface area (TPSA) is 105 Å². The summed E-state index contributed by atoms with van der Waals surface area (Å²) < 4.78 is 13.7. The van der Waals surface area contributed by atoms with E-state index < -0.39 is 6.04 Å². The second-order valence-electron chi connectivity index (χ2n) is 11.9. The van der Waals surface area contributed by atoms with E-state index in [4.69, 9.17) is 5.73 Å². The molecule has 3 atom stereocenters. The fourth-order valence-corrected chi connectivity index (χ4v) is 5.56. The maximum absolute atomic E-state index is 13.7. The SMILES string of the molecule is CC(C)(C)CC(=O)N1c2ccc(C(=O)NCC3CCCC(CN)C3)cc2NC(=O)CC1c1ccc(F)cc1. The number of hydrogen-bond donors (Lipinski definition) is 3. The standard InChI is InChI=1S/C30H39FN4O3/c1-30(2,3)16-28(37)35-25-12-9-22(29(38)33-18-20-6-4-5-19(13-20)17-32)14-24(25)34-27(36)15-26(35)21-7-10-23(31)11-8-21/h7-12,14,19-20,26H,4-6,13,15-18,32H2,1-3H3,(H,33,38)(H,34,36). The zero-order valence-electron chi connectivity index (χ0n) is 22.6. The number of carbonyl (C=O) groups is 3. The summed E-state index contributed by atoms with van der Waals surface area (Å²) in [6, 6.07) is 10.3. The molecule has 2 aliphatic rings. The maximum Gasteiger partial charge on any atom is 0.251 e. The normalized spacial score (nSPS) is 21.8. The van der Waals surface area contributed by atoms with Crippen LogP contribution in [-0.2, 0) is 9.59 Å². The fourth-order valence-electron chi connectivity index (χ4n) is 5.56. The minimum Gasteiger partial charge on any atom is -0.352 e. The highest BCUT2D eigenvalue weighted by molar-refractivity contribution is 6.06. The second-order valence-corrected chi connectivity index (χ2v) is 11.9. The molecule has 1 aliphatic heterocycles. The van der Waals surface area contributed by atoms with Gasteiger partial charge in [0.15, 0.2) is 0 Å². The summed E-state index contributed by atoms with van der Waals surface area (Å²) in [5.41, 5.74) is 7.59. The van der Waals surface area contributed by atoms with Gasteiger partial charge in [0.25, 0.3) is 5.91 Å². The van der Waals surface area contributed by atoms with E-state index in [1.807, 2.05) is 20.8 Å². The van der Waals surface area contributed by atoms with Crippen molar-refractivity contribution in [2.45, 2.75) is 65.3 Å². The molecule has 3 amide bonds. The highest BCUT2D eigenvalue weighted by atomic mass is 19.1. The number of carbonyl (C=O) groups excluding carboxylic acids is 3. The van der Waals surface area contributed by atoms with Gasteiger partial charge in [-0.05, 0) is 79.0 Å². The molecule has 4 N–H and O–H groups in total. The first-order valence-electron chi connectivity index (χ1n) is 13.5. The van der Waals surface area contributed by atoms with Crippen molar-refractivity contribution in [2.75, 3.05) is 23.3 Å². The summed E-state index contributed by atoms with van der Waals surface area (Å²) in [6.45, 7) is 7.21. The van der Waals surface area contributed by atoms with Gasteiger partial charge in [-0.2, -0.15) is 0 Å². The molecule has 2 aromatic carbocycles. The fraction of sp³-hybridized carbons (Fsp3) is 0.500. The molecule has 0 saturated heterocycles. The van der Waals surface area contributed by atoms with Crippen molar-refractivity contribution in [1.29, 1.82) is 0 Å². The highest BCUT2D eigenvalue weighted by Gasteiger charge is 2.35. The molecule has 8 heteroatoms. The Morgan fingerprint density at radius 3 is 2.50 bits per heavy atom. The van der Waals surface area contributed by atoms with Gasteiger partial charge in [-0.15, -0.1) is 0 Å². The number of anilines is 2. The summed E-state index contributed by atoms with van der Waals surface area (Å²) in [7, 11) is 0. The first-order valence-corrected chi connectivity index (χ1v) is 13.5. The van der Waals surface area contributed by atoms with Crippen LogP contribution in [0.2, 0.25) is 0 Å². The number of halogens is 1. The van der Waals surface area contributed by atoms with Crippen LogP contribution >= 0.6 is 0 Å². The van der Waals surface area contributed by atoms with E-state index in [1.165, 1.54) is 12.1 Å². The first kappa shape index (κ1) is 27.8. The van der Waals surface area contributed by atoms with Gasteiger partial charge in [-0.3, -0.25) is 14.4 Å². The second kappa shape index (κ2) is 11.6. The van der Waals surface area contributed by atoms with Crippen LogP contribution in [0, 0.1) is 23.1 Å². The minimum atomic E-state index is -0.604. The van der Waals surface area contributed by atoms with Crippen molar-refractivity contribution in [2.24, 2.45) is 23.0 Å². The molecule has 204 valence electrons. The van der Waals surface area contributed by atoms with Crippen molar-refractivity contribution in [3.63, 3.8) is 0 Å². The summed E-state index contributed by atoms with van der Waals surface area (Å²) in [5, 5.41) is 5.94. The Kier molecular flexibility index (Phi) is 8.51. The zero-order valence-corrected chi connectivity index (χ0v) is 22.6. The largest absolute Gasteiger partial charge is 0.352 e. The lowest BCUT2D eigenvalue weighted by atomic mass is 9.81. The molecule has 1 aliphatic carbocycles. The van der Waals surface area contributed by atoms with Crippen molar-refractivity contribution in [1.82, 2.24) is 5.32 Å². The Hall–Kier alpha value is -3.26. The third-order valence-electron chi connectivity index (χ3n) is 7.46. The number of nitrogens with zero attached hydrogens (tertiary/aromatic N) is 1. The van der Waals surface area contributed by atoms with Crippen molar-refractivity contribution < 1.29 is 18.8 Å². The molecule has 0 radical (unpaired) electrons. The number of benzene rings is 2. The minimum absolute atomic E-state index is 0.0156. The van der Waals surface area contributed by atoms with Gasteiger partial charge >= 0.3 is 0 Å². The molecule has 3 unspecified atom stereocenters. The van der Waals surface area contributed by atoms with Gasteiger partial charge in [-0.1, -0.05) is 39.3 Å². The first-order chi connectivity index (χ1) is 18.0. The van der Waals surface area contributed by atoms with E-state index in [2.05, 4.69) is 10.6 Å². The Bertz CT molecular complexity index is 1180. The molecule has 1 saturated carbocycles. The van der Waals surface area contributed by atoms with Crippen LogP contribution in [0.1, 0.15) is 81.3 Å². The van der Waals surface area contributed by atoms with Crippen LogP contribution in [-0.4, -0.2) is 30.8 Å². The molecule has 7 nitrogen and oxygen atoms in total. The molecular formula is C30H39FN4O3. The van der Waals surface area contributed by atoms with Crippen molar-refractivity contribution in [3.05, 3.63) is 59.4 Å². The van der Waals surface area contributed by atoms with Gasteiger partial charge in [0.1, 0.15) is 5.82 Å². The average Bonchev–Trinajstić information content (AvgIpc) is 3.02. The lowest BCUT2D eigenvalue weighted by molar-refractivity contribution is -0.121. The molecule has 0 bridgehead atoms. The van der Waals surface area contributed by atoms with Crippen LogP contribution in [0.25, 0.3) is 0 Å². The molecular weight excluding hydrogens is 483 g/mol. The van der Waals surface area contributed by atoms with Gasteiger partial charge in [0.2, 0.25) is 11.8 Å². The summed E-state index contributed by atoms with van der Waals surface area (Å²) in [4.78, 5) is 41.3. The van der Waals surface area contributed by atoms with E-state index in [-0.39, 0.29) is 41.8 Å². The highest BCUT2D eigenvalue weighted by Crippen LogP contribution is 2.40. The van der Waals surface area contributed by atoms with Crippen LogP contribution in [0.5, 0.6) is 0 Å². The number of nitrogens with one attached hydrogen (secondary N) is 2. The molecule has 1 heterocycles. The number of hydrogen-bond acceptors (Lipinski definition) is 4. The average molecular weight is 523 g/mol. The van der Waals surface area contributed by atoms with E-state index in [1.54, 1.807) is 35.2 Å². The van der Waals surface area contributed by atoms with Gasteiger partial charge < -0.3 is 21.3 Å². The third kappa shape index (κ3) is 6.78. The quantitative estimate of drug-likeness (QED) is 0.487. The Balaban J connectivity index is 1.62. The van der Waals surface area contributed by atoms with Crippen molar-refractivity contribution in [3.8, 4) is 0 Å². The van der Waals surface area contributed by atoms with Crippen LogP contribution in [0.15, 0.2) is 42.5 Å². The molecule has 0 spiro atoms. The van der Waals surface area contributed by atoms with Gasteiger partial charge in [0.05, 0.1) is 23.8 Å².